The Labute approximate surface area is 124 Å². The van der Waals surface area contributed by atoms with Crippen LogP contribution < -0.4 is 11.1 Å². The van der Waals surface area contributed by atoms with Crippen LogP contribution in [0.5, 0.6) is 0 Å². The second-order valence-corrected chi connectivity index (χ2v) is 4.26. The lowest BCUT2D eigenvalue weighted by Gasteiger charge is -2.19. The van der Waals surface area contributed by atoms with E-state index in [9.17, 15) is 9.59 Å². The molecule has 0 radical (unpaired) electrons. The minimum absolute atomic E-state index is 0.0530. The van der Waals surface area contributed by atoms with Gasteiger partial charge in [0.05, 0.1) is 24.4 Å². The zero-order chi connectivity index (χ0) is 15.8. The average Bonchev–Trinajstić information content (AvgIpc) is 2.47. The molecule has 0 saturated carbocycles. The molecule has 0 aliphatic rings. The Morgan fingerprint density at radius 1 is 1.33 bits per heavy atom. The van der Waals surface area contributed by atoms with E-state index in [0.29, 0.717) is 18.9 Å². The number of esters is 1. The zero-order valence-electron chi connectivity index (χ0n) is 12.7. The highest BCUT2D eigenvalue weighted by atomic mass is 16.5. The first-order valence-corrected chi connectivity index (χ1v) is 6.98. The molecule has 0 aliphatic heterocycles. The number of carbonyl (C=O) groups excluding carboxylic acids is 2. The number of likely N-dealkylation sites (N-methyl/N-ethyl adjacent to an activating group) is 1. The highest BCUT2D eigenvalue weighted by Crippen LogP contribution is 2.20. The normalized spacial score (nSPS) is 10.0. The minimum Gasteiger partial charge on any atom is -0.462 e. The summed E-state index contributed by atoms with van der Waals surface area (Å²) in [6.45, 7) is 7.17. The van der Waals surface area contributed by atoms with Crippen LogP contribution in [0, 0.1) is 0 Å². The molecule has 0 spiro atoms. The number of pyridine rings is 1. The fourth-order valence-corrected chi connectivity index (χ4v) is 1.85. The minimum atomic E-state index is -0.504. The van der Waals surface area contributed by atoms with Gasteiger partial charge in [0.2, 0.25) is 5.91 Å². The number of hydrogen-bond acceptors (Lipinski definition) is 6. The number of carbonyl (C=O) groups is 2. The quantitative estimate of drug-likeness (QED) is 0.731. The summed E-state index contributed by atoms with van der Waals surface area (Å²) in [5.41, 5.74) is 6.32. The molecule has 116 valence electrons. The van der Waals surface area contributed by atoms with Crippen molar-refractivity contribution in [2.24, 2.45) is 0 Å². The van der Waals surface area contributed by atoms with Gasteiger partial charge in [-0.3, -0.25) is 4.79 Å². The molecule has 1 amide bonds. The maximum Gasteiger partial charge on any atom is 0.340 e. The summed E-state index contributed by atoms with van der Waals surface area (Å²) in [6, 6.07) is 1.49. The van der Waals surface area contributed by atoms with Crippen LogP contribution in [0.3, 0.4) is 0 Å². The fourth-order valence-electron chi connectivity index (χ4n) is 1.85. The summed E-state index contributed by atoms with van der Waals surface area (Å²) in [5.74, 6) is -0.251. The Balaban J connectivity index is 2.79. The molecule has 0 aromatic carbocycles. The summed E-state index contributed by atoms with van der Waals surface area (Å²) >= 11 is 0. The molecule has 21 heavy (non-hydrogen) atoms. The average molecular weight is 294 g/mol. The van der Waals surface area contributed by atoms with E-state index in [0.717, 1.165) is 0 Å². The van der Waals surface area contributed by atoms with Gasteiger partial charge in [0, 0.05) is 19.3 Å². The molecule has 1 aromatic rings. The number of ether oxygens (including phenoxy) is 1. The first kappa shape index (κ1) is 16.7. The summed E-state index contributed by atoms with van der Waals surface area (Å²) in [7, 11) is 0. The van der Waals surface area contributed by atoms with Crippen molar-refractivity contribution in [1.82, 2.24) is 9.88 Å². The number of hydrogen-bond donors (Lipinski definition) is 2. The molecule has 7 heteroatoms. The molecule has 0 unspecified atom stereocenters. The van der Waals surface area contributed by atoms with E-state index in [1.54, 1.807) is 11.8 Å². The Hall–Kier alpha value is -2.31. The predicted octanol–water partition coefficient (Wildman–Crippen LogP) is 1.12. The van der Waals surface area contributed by atoms with Crippen LogP contribution in [-0.2, 0) is 9.53 Å². The van der Waals surface area contributed by atoms with Crippen LogP contribution in [0.1, 0.15) is 31.1 Å². The lowest BCUT2D eigenvalue weighted by atomic mass is 10.2. The highest BCUT2D eigenvalue weighted by Gasteiger charge is 2.16. The third-order valence-corrected chi connectivity index (χ3v) is 3.01. The lowest BCUT2D eigenvalue weighted by Crippen LogP contribution is -2.35. The molecule has 1 rings (SSSR count). The number of anilines is 2. The van der Waals surface area contributed by atoms with Gasteiger partial charge >= 0.3 is 5.97 Å². The van der Waals surface area contributed by atoms with Crippen molar-refractivity contribution >= 4 is 23.4 Å². The number of amides is 1. The van der Waals surface area contributed by atoms with Crippen LogP contribution in [-0.4, -0.2) is 48.0 Å². The third kappa shape index (κ3) is 4.34. The molecular weight excluding hydrogens is 272 g/mol. The van der Waals surface area contributed by atoms with Gasteiger partial charge < -0.3 is 20.7 Å². The predicted molar refractivity (Wildman–Crippen MR) is 81.0 cm³/mol. The number of rotatable bonds is 7. The molecular formula is C14H22N4O3. The monoisotopic (exact) mass is 294 g/mol. The van der Waals surface area contributed by atoms with Gasteiger partial charge in [0.25, 0.3) is 0 Å². The SMILES string of the molecule is CCOC(=O)c1ccnc(NCC(=O)N(CC)CC)c1N. The van der Waals surface area contributed by atoms with Gasteiger partial charge in [-0.05, 0) is 26.8 Å². The lowest BCUT2D eigenvalue weighted by molar-refractivity contribution is -0.128. The number of aromatic nitrogens is 1. The molecule has 0 fully saturated rings. The number of nitrogens with one attached hydrogen (secondary N) is 1. The van der Waals surface area contributed by atoms with Crippen molar-refractivity contribution in [3.8, 4) is 0 Å². The molecule has 0 aliphatic carbocycles. The van der Waals surface area contributed by atoms with E-state index >= 15 is 0 Å². The Bertz CT molecular complexity index is 501. The molecule has 0 bridgehead atoms. The summed E-state index contributed by atoms with van der Waals surface area (Å²) in [6.07, 6.45) is 1.45. The van der Waals surface area contributed by atoms with E-state index < -0.39 is 5.97 Å². The van der Waals surface area contributed by atoms with E-state index in [2.05, 4.69) is 10.3 Å². The Morgan fingerprint density at radius 2 is 2.00 bits per heavy atom. The maximum atomic E-state index is 11.9. The fraction of sp³-hybridized carbons (Fsp3) is 0.500. The van der Waals surface area contributed by atoms with Crippen molar-refractivity contribution in [3.05, 3.63) is 17.8 Å². The Kier molecular flexibility index (Phi) is 6.45. The topological polar surface area (TPSA) is 97.5 Å². The molecule has 0 saturated heterocycles. The van der Waals surface area contributed by atoms with Gasteiger partial charge in [-0.1, -0.05) is 0 Å². The van der Waals surface area contributed by atoms with Gasteiger partial charge in [0.15, 0.2) is 0 Å². The molecule has 3 N–H and O–H groups in total. The summed E-state index contributed by atoms with van der Waals surface area (Å²) in [4.78, 5) is 29.4. The van der Waals surface area contributed by atoms with Gasteiger partial charge in [0.1, 0.15) is 5.82 Å². The van der Waals surface area contributed by atoms with Crippen LogP contribution in [0.4, 0.5) is 11.5 Å². The molecule has 1 heterocycles. The van der Waals surface area contributed by atoms with Gasteiger partial charge in [-0.2, -0.15) is 0 Å². The van der Waals surface area contributed by atoms with Crippen molar-refractivity contribution in [1.29, 1.82) is 0 Å². The van der Waals surface area contributed by atoms with Crippen LogP contribution in [0.25, 0.3) is 0 Å². The second-order valence-electron chi connectivity index (χ2n) is 4.26. The zero-order valence-corrected chi connectivity index (χ0v) is 12.7. The number of nitrogen functional groups attached to an aromatic ring is 1. The summed E-state index contributed by atoms with van der Waals surface area (Å²) < 4.78 is 4.91. The number of nitrogens with zero attached hydrogens (tertiary/aromatic N) is 2. The van der Waals surface area contributed by atoms with Crippen LogP contribution >= 0.6 is 0 Å². The van der Waals surface area contributed by atoms with E-state index in [4.69, 9.17) is 10.5 Å². The van der Waals surface area contributed by atoms with E-state index in [1.165, 1.54) is 12.3 Å². The largest absolute Gasteiger partial charge is 0.462 e. The third-order valence-electron chi connectivity index (χ3n) is 3.01. The van der Waals surface area contributed by atoms with Crippen LogP contribution in [0.15, 0.2) is 12.3 Å². The molecule has 7 nitrogen and oxygen atoms in total. The van der Waals surface area contributed by atoms with Crippen molar-refractivity contribution in [3.63, 3.8) is 0 Å². The standard InChI is InChI=1S/C14H22N4O3/c1-4-18(5-2)11(19)9-17-13-12(15)10(7-8-16-13)14(20)21-6-3/h7-8H,4-6,9,15H2,1-3H3,(H,16,17). The summed E-state index contributed by atoms with van der Waals surface area (Å²) in [5, 5.41) is 2.86. The highest BCUT2D eigenvalue weighted by molar-refractivity contribution is 5.97. The first-order chi connectivity index (χ1) is 10.0. The van der Waals surface area contributed by atoms with Gasteiger partial charge in [-0.15, -0.1) is 0 Å². The molecule has 1 aromatic heterocycles. The van der Waals surface area contributed by atoms with Crippen molar-refractivity contribution < 1.29 is 14.3 Å². The molecule has 0 atom stereocenters. The van der Waals surface area contributed by atoms with Crippen molar-refractivity contribution in [2.75, 3.05) is 37.3 Å². The smallest absolute Gasteiger partial charge is 0.340 e. The second kappa shape index (κ2) is 8.08. The van der Waals surface area contributed by atoms with Gasteiger partial charge in [-0.25, -0.2) is 9.78 Å². The van der Waals surface area contributed by atoms with Crippen LogP contribution in [0.2, 0.25) is 0 Å². The maximum absolute atomic E-state index is 11.9. The van der Waals surface area contributed by atoms with Crippen molar-refractivity contribution in [2.45, 2.75) is 20.8 Å². The number of nitrogens with two attached hydrogens (primary N) is 1. The van der Waals surface area contributed by atoms with E-state index in [-0.39, 0.29) is 30.3 Å². The Morgan fingerprint density at radius 3 is 2.57 bits per heavy atom. The first-order valence-electron chi connectivity index (χ1n) is 6.98. The van der Waals surface area contributed by atoms with E-state index in [1.807, 2.05) is 13.8 Å².